The monoisotopic (exact) mass is 333 g/mol. The molecule has 1 amide bonds. The Labute approximate surface area is 132 Å². The molecule has 1 aromatic carbocycles. The third-order valence-corrected chi connectivity index (χ3v) is 4.13. The van der Waals surface area contributed by atoms with E-state index in [1.807, 2.05) is 11.9 Å². The molecule has 1 aliphatic heterocycles. The van der Waals surface area contributed by atoms with E-state index in [-0.39, 0.29) is 5.69 Å². The summed E-state index contributed by atoms with van der Waals surface area (Å²) in [4.78, 5) is 14.6. The minimum Gasteiger partial charge on any atom is -0.386 e. The van der Waals surface area contributed by atoms with Crippen LogP contribution in [-0.4, -0.2) is 44.5 Å². The molecule has 128 valence electrons. The standard InChI is InChI=1S/C15H19F4N3O/c1-20-12-4-3-11(16)13(15(17,18)19)14(12)22(9-23)10-5-7-21(2)8-6-10/h3-4,9-10,20H,5-8H2,1-2H3. The second-order valence-electron chi connectivity index (χ2n) is 5.61. The van der Waals surface area contributed by atoms with E-state index in [1.54, 1.807) is 0 Å². The number of hydrogen-bond acceptors (Lipinski definition) is 3. The van der Waals surface area contributed by atoms with E-state index in [0.29, 0.717) is 32.3 Å². The summed E-state index contributed by atoms with van der Waals surface area (Å²) in [7, 11) is 3.35. The van der Waals surface area contributed by atoms with E-state index < -0.39 is 29.3 Å². The number of nitrogens with zero attached hydrogens (tertiary/aromatic N) is 2. The minimum absolute atomic E-state index is 0.0738. The van der Waals surface area contributed by atoms with Gasteiger partial charge < -0.3 is 15.1 Å². The van der Waals surface area contributed by atoms with Crippen molar-refractivity contribution in [1.82, 2.24) is 4.90 Å². The van der Waals surface area contributed by atoms with Gasteiger partial charge in [0.25, 0.3) is 0 Å². The maximum absolute atomic E-state index is 13.9. The number of likely N-dealkylation sites (tertiary alicyclic amines) is 1. The molecule has 1 aliphatic rings. The van der Waals surface area contributed by atoms with Crippen LogP contribution in [-0.2, 0) is 11.0 Å². The first kappa shape index (κ1) is 17.5. The molecule has 0 radical (unpaired) electrons. The smallest absolute Gasteiger partial charge is 0.386 e. The maximum Gasteiger partial charge on any atom is 0.421 e. The first-order valence-electron chi connectivity index (χ1n) is 7.29. The summed E-state index contributed by atoms with van der Waals surface area (Å²) < 4.78 is 53.9. The average molecular weight is 333 g/mol. The van der Waals surface area contributed by atoms with Gasteiger partial charge >= 0.3 is 6.18 Å². The van der Waals surface area contributed by atoms with E-state index >= 15 is 0 Å². The molecule has 0 bridgehead atoms. The van der Waals surface area contributed by atoms with Crippen LogP contribution in [0.15, 0.2) is 12.1 Å². The molecule has 23 heavy (non-hydrogen) atoms. The van der Waals surface area contributed by atoms with Gasteiger partial charge in [0.1, 0.15) is 11.4 Å². The molecule has 4 nitrogen and oxygen atoms in total. The molecule has 1 aromatic rings. The summed E-state index contributed by atoms with van der Waals surface area (Å²) in [6.45, 7) is 1.33. The van der Waals surface area contributed by atoms with Crippen LogP contribution in [0.1, 0.15) is 18.4 Å². The molecule has 2 rings (SSSR count). The van der Waals surface area contributed by atoms with Gasteiger partial charge in [-0.1, -0.05) is 0 Å². The number of hydrogen-bond donors (Lipinski definition) is 1. The van der Waals surface area contributed by atoms with Crippen LogP contribution >= 0.6 is 0 Å². The van der Waals surface area contributed by atoms with Crippen molar-refractivity contribution < 1.29 is 22.4 Å². The van der Waals surface area contributed by atoms with Gasteiger partial charge in [-0.2, -0.15) is 13.2 Å². The predicted octanol–water partition coefficient (Wildman–Crippen LogP) is 2.94. The highest BCUT2D eigenvalue weighted by molar-refractivity contribution is 5.87. The summed E-state index contributed by atoms with van der Waals surface area (Å²) in [5.41, 5.74) is -1.77. The zero-order valence-electron chi connectivity index (χ0n) is 13.0. The van der Waals surface area contributed by atoms with Crippen LogP contribution in [0, 0.1) is 5.82 Å². The Kier molecular flexibility index (Phi) is 5.13. The number of carbonyl (C=O) groups is 1. The Balaban J connectivity index is 2.54. The van der Waals surface area contributed by atoms with Crippen LogP contribution in [0.25, 0.3) is 0 Å². The van der Waals surface area contributed by atoms with Crippen molar-refractivity contribution in [3.8, 4) is 0 Å². The van der Waals surface area contributed by atoms with E-state index in [0.717, 1.165) is 11.0 Å². The Morgan fingerprint density at radius 2 is 1.91 bits per heavy atom. The number of amides is 1. The first-order valence-corrected chi connectivity index (χ1v) is 7.29. The van der Waals surface area contributed by atoms with Crippen molar-refractivity contribution in [2.75, 3.05) is 37.4 Å². The summed E-state index contributed by atoms with van der Waals surface area (Å²) >= 11 is 0. The number of benzene rings is 1. The van der Waals surface area contributed by atoms with Crippen LogP contribution in [0.4, 0.5) is 28.9 Å². The quantitative estimate of drug-likeness (QED) is 0.680. The summed E-state index contributed by atoms with van der Waals surface area (Å²) in [5, 5.41) is 2.62. The third kappa shape index (κ3) is 3.57. The van der Waals surface area contributed by atoms with Crippen molar-refractivity contribution in [2.24, 2.45) is 0 Å². The SMILES string of the molecule is CNc1ccc(F)c(C(F)(F)F)c1N(C=O)C1CCN(C)CC1. The average Bonchev–Trinajstić information content (AvgIpc) is 2.49. The molecule has 1 N–H and O–H groups in total. The number of alkyl halides is 3. The van der Waals surface area contributed by atoms with Crippen molar-refractivity contribution in [1.29, 1.82) is 0 Å². The highest BCUT2D eigenvalue weighted by atomic mass is 19.4. The van der Waals surface area contributed by atoms with Crippen LogP contribution in [0.3, 0.4) is 0 Å². The van der Waals surface area contributed by atoms with Crippen LogP contribution in [0.5, 0.6) is 0 Å². The molecule has 0 unspecified atom stereocenters. The first-order chi connectivity index (χ1) is 10.8. The van der Waals surface area contributed by atoms with Gasteiger partial charge in [-0.25, -0.2) is 4.39 Å². The van der Waals surface area contributed by atoms with Crippen molar-refractivity contribution in [3.63, 3.8) is 0 Å². The maximum atomic E-state index is 13.9. The lowest BCUT2D eigenvalue weighted by Crippen LogP contribution is -2.44. The van der Waals surface area contributed by atoms with Gasteiger partial charge in [0.15, 0.2) is 0 Å². The fraction of sp³-hybridized carbons (Fsp3) is 0.533. The molecule has 0 saturated carbocycles. The highest BCUT2D eigenvalue weighted by Gasteiger charge is 2.41. The van der Waals surface area contributed by atoms with Crippen LogP contribution < -0.4 is 10.2 Å². The molecular formula is C15H19F4N3O. The van der Waals surface area contributed by atoms with Crippen molar-refractivity contribution >= 4 is 17.8 Å². The topological polar surface area (TPSA) is 35.6 Å². The second-order valence-corrected chi connectivity index (χ2v) is 5.61. The Hall–Kier alpha value is -1.83. The normalized spacial score (nSPS) is 17.1. The fourth-order valence-electron chi connectivity index (χ4n) is 2.90. The van der Waals surface area contributed by atoms with E-state index in [2.05, 4.69) is 5.32 Å². The predicted molar refractivity (Wildman–Crippen MR) is 80.0 cm³/mol. The number of rotatable bonds is 4. The molecule has 0 spiro atoms. The zero-order chi connectivity index (χ0) is 17.2. The molecular weight excluding hydrogens is 314 g/mol. The van der Waals surface area contributed by atoms with E-state index in [9.17, 15) is 22.4 Å². The molecule has 1 fully saturated rings. The number of carbonyl (C=O) groups excluding carboxylic acids is 1. The third-order valence-electron chi connectivity index (χ3n) is 4.13. The summed E-state index contributed by atoms with van der Waals surface area (Å²) in [5.74, 6) is -1.38. The summed E-state index contributed by atoms with van der Waals surface area (Å²) in [6, 6.07) is 1.58. The van der Waals surface area contributed by atoms with Crippen molar-refractivity contribution in [3.05, 3.63) is 23.5 Å². The van der Waals surface area contributed by atoms with E-state index in [1.165, 1.54) is 13.1 Å². The molecule has 0 atom stereocenters. The lowest BCUT2D eigenvalue weighted by molar-refractivity contribution is -0.139. The number of anilines is 2. The Morgan fingerprint density at radius 3 is 2.39 bits per heavy atom. The molecule has 1 heterocycles. The lowest BCUT2D eigenvalue weighted by atomic mass is 10.0. The fourth-order valence-corrected chi connectivity index (χ4v) is 2.90. The largest absolute Gasteiger partial charge is 0.421 e. The van der Waals surface area contributed by atoms with E-state index in [4.69, 9.17) is 0 Å². The lowest BCUT2D eigenvalue weighted by Gasteiger charge is -2.37. The summed E-state index contributed by atoms with van der Waals surface area (Å²) in [6.07, 6.45) is -3.46. The number of halogens is 4. The van der Waals surface area contributed by atoms with Gasteiger partial charge in [-0.15, -0.1) is 0 Å². The van der Waals surface area contributed by atoms with Gasteiger partial charge in [0.2, 0.25) is 6.41 Å². The number of nitrogens with one attached hydrogen (secondary N) is 1. The Morgan fingerprint density at radius 1 is 1.30 bits per heavy atom. The van der Waals surface area contributed by atoms with Gasteiger partial charge in [-0.3, -0.25) is 4.79 Å². The van der Waals surface area contributed by atoms with Gasteiger partial charge in [0.05, 0.1) is 11.4 Å². The molecule has 1 saturated heterocycles. The van der Waals surface area contributed by atoms with Crippen LogP contribution in [0.2, 0.25) is 0 Å². The Bertz CT molecular complexity index is 569. The zero-order valence-corrected chi connectivity index (χ0v) is 13.0. The molecule has 8 heteroatoms. The van der Waals surface area contributed by atoms with Gasteiger partial charge in [-0.05, 0) is 45.1 Å². The minimum atomic E-state index is -4.89. The highest BCUT2D eigenvalue weighted by Crippen LogP contribution is 2.43. The van der Waals surface area contributed by atoms with Gasteiger partial charge in [0, 0.05) is 13.1 Å². The number of piperidine rings is 1. The second kappa shape index (κ2) is 6.74. The van der Waals surface area contributed by atoms with Crippen molar-refractivity contribution in [2.45, 2.75) is 25.1 Å². The molecule has 0 aliphatic carbocycles. The molecule has 0 aromatic heterocycles.